The number of nitrogens with zero attached hydrogens (tertiary/aromatic N) is 3. The van der Waals surface area contributed by atoms with Crippen LogP contribution in [-0.4, -0.2) is 44.1 Å². The van der Waals surface area contributed by atoms with Crippen LogP contribution in [0.1, 0.15) is 39.4 Å². The van der Waals surface area contributed by atoms with Crippen molar-refractivity contribution in [2.75, 3.05) is 29.9 Å². The molecule has 4 rings (SSSR count). The molecule has 0 aliphatic carbocycles. The van der Waals surface area contributed by atoms with Crippen LogP contribution in [0.2, 0.25) is 0 Å². The Morgan fingerprint density at radius 1 is 1.11 bits per heavy atom. The average molecular weight is 553 g/mol. The predicted octanol–water partition coefficient (Wildman–Crippen LogP) is 5.29. The van der Waals surface area contributed by atoms with E-state index in [0.717, 1.165) is 4.31 Å². The Labute approximate surface area is 219 Å². The lowest BCUT2D eigenvalue weighted by Crippen LogP contribution is -2.28. The number of carbonyl (C=O) groups excluding carboxylic acids is 1. The van der Waals surface area contributed by atoms with Crippen molar-refractivity contribution in [1.82, 2.24) is 9.55 Å². The Hall–Kier alpha value is -3.12. The third-order valence-electron chi connectivity index (χ3n) is 6.58. The van der Waals surface area contributed by atoms with Gasteiger partial charge in [-0.2, -0.15) is 13.2 Å². The lowest BCUT2D eigenvalue weighted by molar-refractivity contribution is -0.147. The minimum Gasteiger partial charge on any atom is -0.381 e. The largest absolute Gasteiger partial charge is 0.449 e. The minimum absolute atomic E-state index is 0.0288. The van der Waals surface area contributed by atoms with Gasteiger partial charge in [-0.05, 0) is 61.2 Å². The molecule has 1 saturated heterocycles. The van der Waals surface area contributed by atoms with Crippen LogP contribution in [0.3, 0.4) is 0 Å². The summed E-state index contributed by atoms with van der Waals surface area (Å²) in [6.07, 6.45) is -3.34. The SMILES string of the molecule is CN(c1ccc2c(c1)nc(C(F)(F)F)n2CC1CCOCC1)S(=O)(=O)c1ccc(NC(=O)C(C)(C)C)cc1. The fourth-order valence-electron chi connectivity index (χ4n) is 4.23. The van der Waals surface area contributed by atoms with E-state index in [1.54, 1.807) is 20.8 Å². The number of hydrogen-bond acceptors (Lipinski definition) is 5. The molecule has 3 aromatic rings. The number of anilines is 2. The van der Waals surface area contributed by atoms with Crippen molar-refractivity contribution in [3.05, 3.63) is 48.3 Å². The molecule has 1 N–H and O–H groups in total. The molecule has 0 spiro atoms. The molecule has 1 amide bonds. The molecule has 2 heterocycles. The van der Waals surface area contributed by atoms with Gasteiger partial charge in [0.05, 0.1) is 21.6 Å². The van der Waals surface area contributed by atoms with Gasteiger partial charge in [-0.15, -0.1) is 0 Å². The van der Waals surface area contributed by atoms with Gasteiger partial charge in [-0.1, -0.05) is 20.8 Å². The quantitative estimate of drug-likeness (QED) is 0.449. The predicted molar refractivity (Wildman–Crippen MR) is 138 cm³/mol. The first kappa shape index (κ1) is 27.9. The fourth-order valence-corrected chi connectivity index (χ4v) is 5.42. The number of halogens is 3. The molecule has 0 unspecified atom stereocenters. The van der Waals surface area contributed by atoms with E-state index in [4.69, 9.17) is 4.74 Å². The summed E-state index contributed by atoms with van der Waals surface area (Å²) in [4.78, 5) is 16.0. The van der Waals surface area contributed by atoms with E-state index in [2.05, 4.69) is 10.3 Å². The number of sulfonamides is 1. The summed E-state index contributed by atoms with van der Waals surface area (Å²) in [7, 11) is -2.71. The number of amides is 1. The third kappa shape index (κ3) is 5.80. The Kier molecular flexibility index (Phi) is 7.50. The van der Waals surface area contributed by atoms with Gasteiger partial charge >= 0.3 is 6.18 Å². The Morgan fingerprint density at radius 3 is 2.32 bits per heavy atom. The summed E-state index contributed by atoms with van der Waals surface area (Å²) in [5, 5.41) is 2.73. The number of alkyl halides is 3. The fraction of sp³-hybridized carbons (Fsp3) is 0.462. The number of hydrogen-bond donors (Lipinski definition) is 1. The van der Waals surface area contributed by atoms with Crippen LogP contribution in [0, 0.1) is 11.3 Å². The van der Waals surface area contributed by atoms with Crippen LogP contribution in [0.5, 0.6) is 0 Å². The van der Waals surface area contributed by atoms with Gasteiger partial charge in [0.25, 0.3) is 10.0 Å². The van der Waals surface area contributed by atoms with Crippen molar-refractivity contribution in [3.8, 4) is 0 Å². The van der Waals surface area contributed by atoms with E-state index in [-0.39, 0.29) is 40.0 Å². The number of nitrogens with one attached hydrogen (secondary N) is 1. The van der Waals surface area contributed by atoms with Gasteiger partial charge in [-0.25, -0.2) is 13.4 Å². The van der Waals surface area contributed by atoms with Gasteiger partial charge < -0.3 is 14.6 Å². The molecule has 0 bridgehead atoms. The van der Waals surface area contributed by atoms with E-state index in [1.807, 2.05) is 0 Å². The summed E-state index contributed by atoms with van der Waals surface area (Å²) in [5.41, 5.74) is 0.351. The highest BCUT2D eigenvalue weighted by molar-refractivity contribution is 7.92. The third-order valence-corrected chi connectivity index (χ3v) is 8.38. The summed E-state index contributed by atoms with van der Waals surface area (Å²) in [5.74, 6) is -1.19. The van der Waals surface area contributed by atoms with Gasteiger partial charge in [0, 0.05) is 37.9 Å². The van der Waals surface area contributed by atoms with E-state index in [9.17, 15) is 26.4 Å². The summed E-state index contributed by atoms with van der Waals surface area (Å²) in [6.45, 7) is 6.46. The topological polar surface area (TPSA) is 93.5 Å². The molecule has 1 aliphatic rings. The maximum Gasteiger partial charge on any atom is 0.449 e. The molecule has 1 fully saturated rings. The van der Waals surface area contributed by atoms with Gasteiger partial charge in [0.1, 0.15) is 0 Å². The number of benzene rings is 2. The molecule has 1 aromatic heterocycles. The maximum atomic E-state index is 13.8. The zero-order chi connectivity index (χ0) is 27.9. The molecule has 8 nitrogen and oxygen atoms in total. The van der Waals surface area contributed by atoms with Crippen LogP contribution < -0.4 is 9.62 Å². The number of imidazole rings is 1. The molecule has 0 radical (unpaired) electrons. The molecule has 0 atom stereocenters. The maximum absolute atomic E-state index is 13.8. The normalized spacial score (nSPS) is 15.6. The molecular weight excluding hydrogens is 521 g/mol. The monoisotopic (exact) mass is 552 g/mol. The van der Waals surface area contributed by atoms with E-state index >= 15 is 0 Å². The first-order chi connectivity index (χ1) is 17.7. The average Bonchev–Trinajstić information content (AvgIpc) is 3.22. The molecule has 12 heteroatoms. The Bertz CT molecular complexity index is 1420. The van der Waals surface area contributed by atoms with Crippen molar-refractivity contribution < 1.29 is 31.1 Å². The highest BCUT2D eigenvalue weighted by Gasteiger charge is 2.38. The molecule has 2 aromatic carbocycles. The lowest BCUT2D eigenvalue weighted by atomic mass is 9.95. The number of fused-ring (bicyclic) bond motifs is 1. The van der Waals surface area contributed by atoms with Crippen molar-refractivity contribution in [2.24, 2.45) is 11.3 Å². The second-order valence-electron chi connectivity index (χ2n) is 10.5. The van der Waals surface area contributed by atoms with Crippen molar-refractivity contribution in [1.29, 1.82) is 0 Å². The van der Waals surface area contributed by atoms with Crippen molar-refractivity contribution >= 4 is 38.3 Å². The smallest absolute Gasteiger partial charge is 0.381 e. The number of carbonyl (C=O) groups is 1. The first-order valence-corrected chi connectivity index (χ1v) is 13.7. The number of aromatic nitrogens is 2. The Balaban J connectivity index is 1.62. The van der Waals surface area contributed by atoms with Crippen molar-refractivity contribution in [3.63, 3.8) is 0 Å². The number of ether oxygens (including phenoxy) is 1. The standard InChI is InChI=1S/C26H31F3N4O4S/c1-25(2,3)24(34)30-18-5-8-20(9-6-18)38(35,36)32(4)19-7-10-22-21(15-19)31-23(26(27,28)29)33(22)16-17-11-13-37-14-12-17/h5-10,15,17H,11-14,16H2,1-4H3,(H,30,34). The van der Waals surface area contributed by atoms with Gasteiger partial charge in [-0.3, -0.25) is 9.10 Å². The van der Waals surface area contributed by atoms with E-state index in [1.165, 1.54) is 54.1 Å². The van der Waals surface area contributed by atoms with Gasteiger partial charge in [0.2, 0.25) is 11.7 Å². The van der Waals surface area contributed by atoms with E-state index in [0.29, 0.717) is 31.7 Å². The van der Waals surface area contributed by atoms with Crippen molar-refractivity contribution in [2.45, 2.75) is 51.2 Å². The molecule has 0 saturated carbocycles. The number of rotatable bonds is 6. The lowest BCUT2D eigenvalue weighted by Gasteiger charge is -2.24. The second kappa shape index (κ2) is 10.2. The van der Waals surface area contributed by atoms with Crippen LogP contribution in [-0.2, 0) is 32.3 Å². The minimum atomic E-state index is -4.66. The highest BCUT2D eigenvalue weighted by atomic mass is 32.2. The van der Waals surface area contributed by atoms with Crippen LogP contribution in [0.25, 0.3) is 11.0 Å². The molecule has 1 aliphatic heterocycles. The zero-order valence-corrected chi connectivity index (χ0v) is 22.5. The first-order valence-electron chi connectivity index (χ1n) is 12.2. The highest BCUT2D eigenvalue weighted by Crippen LogP contribution is 2.35. The molecular formula is C26H31F3N4O4S. The van der Waals surface area contributed by atoms with Crippen LogP contribution >= 0.6 is 0 Å². The summed E-state index contributed by atoms with van der Waals surface area (Å²) < 4.78 is 75.6. The van der Waals surface area contributed by atoms with Crippen LogP contribution in [0.15, 0.2) is 47.4 Å². The van der Waals surface area contributed by atoms with Gasteiger partial charge in [0.15, 0.2) is 0 Å². The summed E-state index contributed by atoms with van der Waals surface area (Å²) in [6, 6.07) is 10.0. The molecule has 38 heavy (non-hydrogen) atoms. The summed E-state index contributed by atoms with van der Waals surface area (Å²) >= 11 is 0. The second-order valence-corrected chi connectivity index (χ2v) is 12.4. The zero-order valence-electron chi connectivity index (χ0n) is 21.7. The van der Waals surface area contributed by atoms with E-state index < -0.39 is 27.4 Å². The van der Waals surface area contributed by atoms with Crippen LogP contribution in [0.4, 0.5) is 24.5 Å². The Morgan fingerprint density at radius 2 is 1.74 bits per heavy atom. The molecule has 206 valence electrons.